The maximum absolute atomic E-state index is 11.9. The largest absolute Gasteiger partial charge is 0.299 e. The molecule has 2 heteroatoms. The van der Waals surface area contributed by atoms with Crippen LogP contribution in [-0.4, -0.2) is 5.78 Å². The maximum Gasteiger partial charge on any atom is 0.141 e. The lowest BCUT2D eigenvalue weighted by molar-refractivity contribution is -0.117. The smallest absolute Gasteiger partial charge is 0.141 e. The highest BCUT2D eigenvalue weighted by molar-refractivity contribution is 6.30. The summed E-state index contributed by atoms with van der Waals surface area (Å²) in [5, 5.41) is 0.676. The summed E-state index contributed by atoms with van der Waals surface area (Å²) in [6.45, 7) is 0. The first kappa shape index (κ1) is 11.9. The molecular formula is C15H13ClO. The minimum Gasteiger partial charge on any atom is -0.299 e. The van der Waals surface area contributed by atoms with Crippen LogP contribution in [0.1, 0.15) is 11.1 Å². The Bertz CT molecular complexity index is 505. The lowest BCUT2D eigenvalue weighted by Crippen LogP contribution is -2.06. The quantitative estimate of drug-likeness (QED) is 0.802. The minimum absolute atomic E-state index is 0.207. The number of ketones is 1. The van der Waals surface area contributed by atoms with Crippen LogP contribution in [0.4, 0.5) is 0 Å². The van der Waals surface area contributed by atoms with Crippen molar-refractivity contribution in [3.8, 4) is 0 Å². The summed E-state index contributed by atoms with van der Waals surface area (Å²) < 4.78 is 0. The van der Waals surface area contributed by atoms with Crippen molar-refractivity contribution >= 4 is 17.4 Å². The fourth-order valence-electron chi connectivity index (χ4n) is 1.76. The topological polar surface area (TPSA) is 17.1 Å². The lowest BCUT2D eigenvalue weighted by Gasteiger charge is -2.02. The van der Waals surface area contributed by atoms with Crippen LogP contribution in [0.25, 0.3) is 0 Å². The molecule has 0 saturated carbocycles. The van der Waals surface area contributed by atoms with Gasteiger partial charge in [-0.1, -0.05) is 54.1 Å². The molecule has 17 heavy (non-hydrogen) atoms. The third-order valence-electron chi connectivity index (χ3n) is 2.53. The third-order valence-corrected chi connectivity index (χ3v) is 2.77. The van der Waals surface area contributed by atoms with E-state index in [1.807, 2.05) is 54.6 Å². The number of halogens is 1. The van der Waals surface area contributed by atoms with Gasteiger partial charge in [0, 0.05) is 17.9 Å². The molecule has 0 aliphatic carbocycles. The first-order valence-electron chi connectivity index (χ1n) is 5.54. The second-order valence-corrected chi connectivity index (χ2v) is 4.44. The maximum atomic E-state index is 11.9. The first-order valence-corrected chi connectivity index (χ1v) is 5.92. The van der Waals surface area contributed by atoms with E-state index in [0.717, 1.165) is 11.1 Å². The summed E-state index contributed by atoms with van der Waals surface area (Å²) in [6, 6.07) is 17.2. The van der Waals surface area contributed by atoms with Crippen molar-refractivity contribution in [2.75, 3.05) is 0 Å². The van der Waals surface area contributed by atoms with Gasteiger partial charge < -0.3 is 0 Å². The number of benzene rings is 2. The predicted molar refractivity (Wildman–Crippen MR) is 70.3 cm³/mol. The molecule has 0 saturated heterocycles. The molecule has 0 atom stereocenters. The molecule has 0 fully saturated rings. The zero-order valence-corrected chi connectivity index (χ0v) is 10.2. The van der Waals surface area contributed by atoms with E-state index in [2.05, 4.69) is 0 Å². The molecule has 0 aliphatic rings. The number of carbonyl (C=O) groups is 1. The van der Waals surface area contributed by atoms with Crippen LogP contribution >= 0.6 is 11.6 Å². The molecule has 0 bridgehead atoms. The van der Waals surface area contributed by atoms with Crippen molar-refractivity contribution in [1.82, 2.24) is 0 Å². The van der Waals surface area contributed by atoms with Crippen LogP contribution in [0.3, 0.4) is 0 Å². The molecule has 1 nitrogen and oxygen atoms in total. The number of rotatable bonds is 4. The molecule has 2 aromatic rings. The average Bonchev–Trinajstić information content (AvgIpc) is 2.30. The van der Waals surface area contributed by atoms with Gasteiger partial charge in [0.25, 0.3) is 0 Å². The van der Waals surface area contributed by atoms with E-state index in [1.54, 1.807) is 0 Å². The summed E-state index contributed by atoms with van der Waals surface area (Å²) >= 11 is 5.88. The number of Topliss-reactive ketones (excluding diaryl/α,β-unsaturated/α-hetero) is 1. The van der Waals surface area contributed by atoms with Gasteiger partial charge in [-0.25, -0.2) is 0 Å². The molecule has 2 aromatic carbocycles. The summed E-state index contributed by atoms with van der Waals surface area (Å²) in [5.74, 6) is 0.207. The number of hydrogen-bond acceptors (Lipinski definition) is 1. The Kier molecular flexibility index (Phi) is 3.94. The molecule has 0 heterocycles. The summed E-state index contributed by atoms with van der Waals surface area (Å²) in [6.07, 6.45) is 0.919. The van der Waals surface area contributed by atoms with Crippen molar-refractivity contribution in [1.29, 1.82) is 0 Å². The standard InChI is InChI=1S/C15H13ClO/c16-14-8-4-7-13(9-14)11-15(17)10-12-5-2-1-3-6-12/h1-9H,10-11H2. The predicted octanol–water partition coefficient (Wildman–Crippen LogP) is 3.69. The lowest BCUT2D eigenvalue weighted by atomic mass is 10.0. The first-order chi connectivity index (χ1) is 8.24. The van der Waals surface area contributed by atoms with Gasteiger partial charge in [-0.05, 0) is 23.3 Å². The molecule has 0 unspecified atom stereocenters. The van der Waals surface area contributed by atoms with Gasteiger partial charge in [-0.15, -0.1) is 0 Å². The Balaban J connectivity index is 1.98. The molecule has 0 aliphatic heterocycles. The molecule has 0 N–H and O–H groups in total. The summed E-state index contributed by atoms with van der Waals surface area (Å²) in [4.78, 5) is 11.9. The normalized spacial score (nSPS) is 10.2. The molecule has 86 valence electrons. The average molecular weight is 245 g/mol. The van der Waals surface area contributed by atoms with Gasteiger partial charge in [-0.3, -0.25) is 4.79 Å². The van der Waals surface area contributed by atoms with Crippen LogP contribution in [-0.2, 0) is 17.6 Å². The highest BCUT2D eigenvalue weighted by atomic mass is 35.5. The van der Waals surface area contributed by atoms with Crippen molar-refractivity contribution in [2.45, 2.75) is 12.8 Å². The van der Waals surface area contributed by atoms with Gasteiger partial charge in [0.15, 0.2) is 0 Å². The van der Waals surface area contributed by atoms with E-state index in [0.29, 0.717) is 17.9 Å². The Morgan fingerprint density at radius 1 is 0.882 bits per heavy atom. The Morgan fingerprint density at radius 2 is 1.53 bits per heavy atom. The van der Waals surface area contributed by atoms with E-state index in [-0.39, 0.29) is 5.78 Å². The summed E-state index contributed by atoms with van der Waals surface area (Å²) in [5.41, 5.74) is 2.03. The van der Waals surface area contributed by atoms with Crippen LogP contribution in [0.5, 0.6) is 0 Å². The van der Waals surface area contributed by atoms with E-state index in [4.69, 9.17) is 11.6 Å². The van der Waals surface area contributed by atoms with Crippen molar-refractivity contribution in [3.63, 3.8) is 0 Å². The fourth-order valence-corrected chi connectivity index (χ4v) is 1.97. The van der Waals surface area contributed by atoms with Gasteiger partial charge in [-0.2, -0.15) is 0 Å². The van der Waals surface area contributed by atoms with Crippen molar-refractivity contribution in [3.05, 3.63) is 70.7 Å². The van der Waals surface area contributed by atoms with Gasteiger partial charge in [0.1, 0.15) is 5.78 Å². The Hall–Kier alpha value is -1.60. The number of carbonyl (C=O) groups excluding carboxylic acids is 1. The van der Waals surface area contributed by atoms with Gasteiger partial charge in [0.05, 0.1) is 0 Å². The molecule has 2 rings (SSSR count). The SMILES string of the molecule is O=C(Cc1ccccc1)Cc1cccc(Cl)c1. The van der Waals surface area contributed by atoms with E-state index < -0.39 is 0 Å². The Labute approximate surface area is 106 Å². The molecule has 0 spiro atoms. The molecule has 0 amide bonds. The van der Waals surface area contributed by atoms with Crippen LogP contribution in [0.2, 0.25) is 5.02 Å². The fraction of sp³-hybridized carbons (Fsp3) is 0.133. The number of hydrogen-bond donors (Lipinski definition) is 0. The summed E-state index contributed by atoms with van der Waals surface area (Å²) in [7, 11) is 0. The van der Waals surface area contributed by atoms with Gasteiger partial charge in [0.2, 0.25) is 0 Å². The highest BCUT2D eigenvalue weighted by Gasteiger charge is 2.05. The van der Waals surface area contributed by atoms with Crippen LogP contribution < -0.4 is 0 Å². The monoisotopic (exact) mass is 244 g/mol. The zero-order chi connectivity index (χ0) is 12.1. The van der Waals surface area contributed by atoms with Crippen molar-refractivity contribution < 1.29 is 4.79 Å². The molecule has 0 aromatic heterocycles. The van der Waals surface area contributed by atoms with Crippen LogP contribution in [0.15, 0.2) is 54.6 Å². The van der Waals surface area contributed by atoms with Crippen molar-refractivity contribution in [2.24, 2.45) is 0 Å². The van der Waals surface area contributed by atoms with E-state index >= 15 is 0 Å². The molecule has 0 radical (unpaired) electrons. The van der Waals surface area contributed by atoms with E-state index in [1.165, 1.54) is 0 Å². The molecular weight excluding hydrogens is 232 g/mol. The Morgan fingerprint density at radius 3 is 2.24 bits per heavy atom. The zero-order valence-electron chi connectivity index (χ0n) is 9.40. The van der Waals surface area contributed by atoms with Crippen LogP contribution in [0, 0.1) is 0 Å². The minimum atomic E-state index is 0.207. The second kappa shape index (κ2) is 5.65. The second-order valence-electron chi connectivity index (χ2n) is 4.01. The van der Waals surface area contributed by atoms with E-state index in [9.17, 15) is 4.79 Å². The highest BCUT2D eigenvalue weighted by Crippen LogP contribution is 2.12. The third kappa shape index (κ3) is 3.72. The van der Waals surface area contributed by atoms with Gasteiger partial charge >= 0.3 is 0 Å².